The maximum Gasteiger partial charge on any atom is 0.257 e. The average Bonchev–Trinajstić information content (AvgIpc) is 2.60. The molecule has 2 heterocycles. The lowest BCUT2D eigenvalue weighted by Crippen LogP contribution is -2.29. The lowest BCUT2D eigenvalue weighted by Gasteiger charge is -2.26. The Morgan fingerprint density at radius 3 is 2.77 bits per heavy atom. The molecule has 0 fully saturated rings. The van der Waals surface area contributed by atoms with Crippen molar-refractivity contribution in [1.29, 1.82) is 0 Å². The number of rotatable bonds is 3. The first-order valence-corrected chi connectivity index (χ1v) is 7.43. The third-order valence-electron chi connectivity index (χ3n) is 3.56. The van der Waals surface area contributed by atoms with Gasteiger partial charge < -0.3 is 15.1 Å². The molecular weight excluding hydrogens is 300 g/mol. The van der Waals surface area contributed by atoms with Crippen molar-refractivity contribution in [2.45, 2.75) is 0 Å². The van der Waals surface area contributed by atoms with Crippen molar-refractivity contribution in [2.75, 3.05) is 37.4 Å². The molecule has 1 N–H and O–H groups in total. The number of benzene rings is 1. The summed E-state index contributed by atoms with van der Waals surface area (Å²) >= 11 is 6.06. The first kappa shape index (κ1) is 14.8. The predicted molar refractivity (Wildman–Crippen MR) is 89.2 cm³/mol. The van der Waals surface area contributed by atoms with Gasteiger partial charge in [-0.15, -0.1) is 0 Å². The van der Waals surface area contributed by atoms with E-state index in [0.717, 1.165) is 12.2 Å². The maximum absolute atomic E-state index is 12.4. The Bertz CT molecular complexity index is 717. The van der Waals surface area contributed by atoms with Crippen molar-refractivity contribution < 1.29 is 4.79 Å². The highest BCUT2D eigenvalue weighted by molar-refractivity contribution is 6.29. The highest BCUT2D eigenvalue weighted by Crippen LogP contribution is 2.36. The van der Waals surface area contributed by atoms with Crippen molar-refractivity contribution in [1.82, 2.24) is 9.88 Å². The minimum Gasteiger partial charge on any atom is -0.323 e. The van der Waals surface area contributed by atoms with Gasteiger partial charge in [-0.05, 0) is 38.4 Å². The van der Waals surface area contributed by atoms with Crippen molar-refractivity contribution in [3.8, 4) is 0 Å². The molecule has 0 aliphatic carbocycles. The number of amides is 1. The zero-order valence-electron chi connectivity index (χ0n) is 12.5. The number of hydrogen-bond donors (Lipinski definition) is 1. The zero-order chi connectivity index (χ0) is 15.7. The molecule has 1 aliphatic rings. The fraction of sp³-hybridized carbons (Fsp3) is 0.250. The number of fused-ring (bicyclic) bond motifs is 2. The lowest BCUT2D eigenvalue weighted by molar-refractivity contribution is 0.102. The minimum atomic E-state index is -0.131. The number of carbonyl (C=O) groups excluding carboxylic acids is 1. The molecule has 1 aliphatic heterocycles. The molecule has 0 saturated carbocycles. The summed E-state index contributed by atoms with van der Waals surface area (Å²) in [5.74, 6) is 0.543. The van der Waals surface area contributed by atoms with E-state index in [1.165, 1.54) is 0 Å². The molecule has 0 spiro atoms. The highest BCUT2D eigenvalue weighted by atomic mass is 35.5. The number of para-hydroxylation sites is 1. The molecule has 22 heavy (non-hydrogen) atoms. The number of nitrogens with zero attached hydrogens (tertiary/aromatic N) is 3. The summed E-state index contributed by atoms with van der Waals surface area (Å²) in [5, 5.41) is 3.31. The second-order valence-electron chi connectivity index (χ2n) is 5.43. The molecule has 5 nitrogen and oxygen atoms in total. The topological polar surface area (TPSA) is 48.5 Å². The van der Waals surface area contributed by atoms with Crippen LogP contribution >= 0.6 is 11.6 Å². The van der Waals surface area contributed by atoms with Gasteiger partial charge in [0, 0.05) is 13.1 Å². The van der Waals surface area contributed by atoms with Crippen LogP contribution in [0.4, 0.5) is 17.2 Å². The van der Waals surface area contributed by atoms with E-state index in [0.29, 0.717) is 28.8 Å². The zero-order valence-corrected chi connectivity index (χ0v) is 13.3. The molecule has 3 rings (SSSR count). The lowest BCUT2D eigenvalue weighted by atomic mass is 10.1. The van der Waals surface area contributed by atoms with Crippen LogP contribution in [0.5, 0.6) is 0 Å². The van der Waals surface area contributed by atoms with Gasteiger partial charge in [-0.3, -0.25) is 4.79 Å². The summed E-state index contributed by atoms with van der Waals surface area (Å²) in [6.45, 7) is 1.54. The van der Waals surface area contributed by atoms with E-state index in [2.05, 4.69) is 15.2 Å². The first-order chi connectivity index (χ1) is 10.6. The number of nitrogens with one attached hydrogen (secondary N) is 1. The Balaban J connectivity index is 2.14. The molecule has 0 bridgehead atoms. The van der Waals surface area contributed by atoms with Crippen LogP contribution in [0.2, 0.25) is 5.15 Å². The Labute approximate surface area is 134 Å². The van der Waals surface area contributed by atoms with E-state index in [1.54, 1.807) is 12.1 Å². The highest BCUT2D eigenvalue weighted by Gasteiger charge is 2.26. The van der Waals surface area contributed by atoms with Gasteiger partial charge in [0.25, 0.3) is 5.91 Å². The van der Waals surface area contributed by atoms with Gasteiger partial charge in [-0.25, -0.2) is 4.98 Å². The van der Waals surface area contributed by atoms with E-state index >= 15 is 0 Å². The van der Waals surface area contributed by atoms with Gasteiger partial charge in [0.05, 0.1) is 16.9 Å². The third kappa shape index (κ3) is 2.77. The number of carbonyl (C=O) groups is 1. The predicted octanol–water partition coefficient (Wildman–Crippen LogP) is 3.00. The van der Waals surface area contributed by atoms with Crippen molar-refractivity contribution in [2.24, 2.45) is 0 Å². The Morgan fingerprint density at radius 2 is 2.00 bits per heavy atom. The molecule has 2 aromatic rings. The second-order valence-corrected chi connectivity index (χ2v) is 5.82. The summed E-state index contributed by atoms with van der Waals surface area (Å²) < 4.78 is 0. The standard InChI is InChI=1S/C16H17ClN4O/c1-20(2)9-10-21-13-6-4-3-5-11(13)16(22)18-12-7-8-14(17)19-15(12)21/h3-8H,9-10H2,1-2H3,(H,18,22). The first-order valence-electron chi connectivity index (χ1n) is 7.05. The molecule has 0 atom stereocenters. The summed E-state index contributed by atoms with van der Waals surface area (Å²) in [6.07, 6.45) is 0. The molecule has 1 aromatic heterocycles. The number of anilines is 3. The van der Waals surface area contributed by atoms with E-state index in [4.69, 9.17) is 11.6 Å². The number of aromatic nitrogens is 1. The molecule has 0 saturated heterocycles. The largest absolute Gasteiger partial charge is 0.323 e. The van der Waals surface area contributed by atoms with Crippen LogP contribution in [0.25, 0.3) is 0 Å². The average molecular weight is 317 g/mol. The summed E-state index contributed by atoms with van der Waals surface area (Å²) in [4.78, 5) is 21.0. The van der Waals surface area contributed by atoms with Crippen LogP contribution in [0.15, 0.2) is 36.4 Å². The molecular formula is C16H17ClN4O. The van der Waals surface area contributed by atoms with Crippen molar-refractivity contribution in [3.63, 3.8) is 0 Å². The van der Waals surface area contributed by atoms with Crippen LogP contribution in [-0.4, -0.2) is 43.0 Å². The number of pyridine rings is 1. The molecule has 1 aromatic carbocycles. The maximum atomic E-state index is 12.4. The third-order valence-corrected chi connectivity index (χ3v) is 3.77. The SMILES string of the molecule is CN(C)CCN1c2ccccc2C(=O)Nc2ccc(Cl)nc21. The smallest absolute Gasteiger partial charge is 0.257 e. The summed E-state index contributed by atoms with van der Waals surface area (Å²) in [5.41, 5.74) is 2.15. The molecule has 0 radical (unpaired) electrons. The normalized spacial score (nSPS) is 13.5. The summed E-state index contributed by atoms with van der Waals surface area (Å²) in [7, 11) is 4.03. The van der Waals surface area contributed by atoms with Crippen LogP contribution < -0.4 is 10.2 Å². The van der Waals surface area contributed by atoms with Crippen LogP contribution in [-0.2, 0) is 0 Å². The summed E-state index contributed by atoms with van der Waals surface area (Å²) in [6, 6.07) is 11.0. The van der Waals surface area contributed by atoms with Crippen LogP contribution in [0.1, 0.15) is 10.4 Å². The van der Waals surface area contributed by atoms with Crippen molar-refractivity contribution >= 4 is 34.7 Å². The van der Waals surface area contributed by atoms with Gasteiger partial charge in [-0.1, -0.05) is 23.7 Å². The fourth-order valence-corrected chi connectivity index (χ4v) is 2.60. The van der Waals surface area contributed by atoms with Crippen LogP contribution in [0, 0.1) is 0 Å². The van der Waals surface area contributed by atoms with E-state index in [1.807, 2.05) is 43.3 Å². The van der Waals surface area contributed by atoms with E-state index in [9.17, 15) is 4.79 Å². The van der Waals surface area contributed by atoms with Gasteiger partial charge in [0.2, 0.25) is 0 Å². The Kier molecular flexibility index (Phi) is 4.00. The van der Waals surface area contributed by atoms with Gasteiger partial charge in [-0.2, -0.15) is 0 Å². The quantitative estimate of drug-likeness (QED) is 0.884. The van der Waals surface area contributed by atoms with Gasteiger partial charge in [0.15, 0.2) is 5.82 Å². The Hall–Kier alpha value is -2.11. The molecule has 114 valence electrons. The number of likely N-dealkylation sites (N-methyl/N-ethyl adjacent to an activating group) is 1. The second kappa shape index (κ2) is 5.94. The molecule has 6 heteroatoms. The number of hydrogen-bond acceptors (Lipinski definition) is 4. The Morgan fingerprint density at radius 1 is 1.23 bits per heavy atom. The van der Waals surface area contributed by atoms with Crippen LogP contribution in [0.3, 0.4) is 0 Å². The van der Waals surface area contributed by atoms with Crippen molar-refractivity contribution in [3.05, 3.63) is 47.1 Å². The van der Waals surface area contributed by atoms with E-state index < -0.39 is 0 Å². The monoisotopic (exact) mass is 316 g/mol. The molecule has 1 amide bonds. The van der Waals surface area contributed by atoms with Gasteiger partial charge in [0.1, 0.15) is 5.15 Å². The molecule has 0 unspecified atom stereocenters. The number of halogens is 1. The fourth-order valence-electron chi connectivity index (χ4n) is 2.46. The van der Waals surface area contributed by atoms with E-state index in [-0.39, 0.29) is 5.91 Å². The minimum absolute atomic E-state index is 0.131. The van der Waals surface area contributed by atoms with Gasteiger partial charge >= 0.3 is 0 Å².